The van der Waals surface area contributed by atoms with Gasteiger partial charge in [-0.05, 0) is 19.2 Å². The number of fused-ring (bicyclic) bond motifs is 1. The molecule has 0 spiro atoms. The highest BCUT2D eigenvalue weighted by Crippen LogP contribution is 2.27. The zero-order valence-electron chi connectivity index (χ0n) is 10.7. The van der Waals surface area contributed by atoms with E-state index in [-0.39, 0.29) is 12.3 Å². The van der Waals surface area contributed by atoms with E-state index in [1.807, 2.05) is 0 Å². The topological polar surface area (TPSA) is 58.4 Å². The molecule has 1 aliphatic heterocycles. The van der Waals surface area contributed by atoms with E-state index in [9.17, 15) is 4.79 Å². The van der Waals surface area contributed by atoms with Gasteiger partial charge in [0, 0.05) is 24.4 Å². The standard InChI is InChI=1S/C13H15N3O2S/c1-16-5-4-10-11(8-16)19-13(14-10)15-12(17)7-9-3-2-6-18-9/h2-3,6H,4-5,7-8H2,1H3,(H,14,15,17). The normalized spacial score (nSPS) is 15.2. The summed E-state index contributed by atoms with van der Waals surface area (Å²) in [7, 11) is 2.10. The number of carbonyl (C=O) groups is 1. The molecule has 0 aromatic carbocycles. The van der Waals surface area contributed by atoms with Gasteiger partial charge in [0.15, 0.2) is 5.13 Å². The summed E-state index contributed by atoms with van der Waals surface area (Å²) in [5, 5.41) is 3.53. The van der Waals surface area contributed by atoms with Gasteiger partial charge in [-0.25, -0.2) is 4.98 Å². The van der Waals surface area contributed by atoms with Crippen molar-refractivity contribution in [2.75, 3.05) is 18.9 Å². The lowest BCUT2D eigenvalue weighted by atomic mass is 10.2. The molecule has 0 aliphatic carbocycles. The van der Waals surface area contributed by atoms with Crippen LogP contribution in [0.2, 0.25) is 0 Å². The molecule has 2 aromatic heterocycles. The molecule has 100 valence electrons. The maximum Gasteiger partial charge on any atom is 0.233 e. The zero-order chi connectivity index (χ0) is 13.2. The number of furan rings is 1. The Labute approximate surface area is 115 Å². The molecule has 0 atom stereocenters. The first-order valence-corrected chi connectivity index (χ1v) is 7.02. The molecule has 0 fully saturated rings. The fourth-order valence-corrected chi connectivity index (χ4v) is 3.22. The second-order valence-electron chi connectivity index (χ2n) is 4.68. The molecule has 1 N–H and O–H groups in total. The fourth-order valence-electron chi connectivity index (χ4n) is 2.11. The third-order valence-corrected chi connectivity index (χ3v) is 4.08. The van der Waals surface area contributed by atoms with Crippen LogP contribution in [0, 0.1) is 0 Å². The molecule has 0 radical (unpaired) electrons. The van der Waals surface area contributed by atoms with Crippen LogP contribution < -0.4 is 5.32 Å². The van der Waals surface area contributed by atoms with Crippen molar-refractivity contribution in [1.82, 2.24) is 9.88 Å². The van der Waals surface area contributed by atoms with Gasteiger partial charge in [-0.15, -0.1) is 11.3 Å². The van der Waals surface area contributed by atoms with Gasteiger partial charge in [-0.3, -0.25) is 4.79 Å². The molecule has 1 aliphatic rings. The van der Waals surface area contributed by atoms with Gasteiger partial charge < -0.3 is 14.6 Å². The van der Waals surface area contributed by atoms with Crippen LogP contribution in [0.3, 0.4) is 0 Å². The smallest absolute Gasteiger partial charge is 0.233 e. The van der Waals surface area contributed by atoms with Crippen molar-refractivity contribution in [2.45, 2.75) is 19.4 Å². The summed E-state index contributed by atoms with van der Waals surface area (Å²) in [6.45, 7) is 1.94. The number of amides is 1. The maximum atomic E-state index is 11.8. The molecule has 19 heavy (non-hydrogen) atoms. The van der Waals surface area contributed by atoms with Gasteiger partial charge >= 0.3 is 0 Å². The summed E-state index contributed by atoms with van der Waals surface area (Å²) in [5.41, 5.74) is 1.12. The van der Waals surface area contributed by atoms with Gasteiger partial charge in [0.2, 0.25) is 5.91 Å². The second-order valence-corrected chi connectivity index (χ2v) is 5.76. The van der Waals surface area contributed by atoms with Crippen LogP contribution in [0.5, 0.6) is 0 Å². The third kappa shape index (κ3) is 2.85. The molecular formula is C13H15N3O2S. The maximum absolute atomic E-state index is 11.8. The zero-order valence-corrected chi connectivity index (χ0v) is 11.5. The largest absolute Gasteiger partial charge is 0.469 e. The van der Waals surface area contributed by atoms with E-state index < -0.39 is 0 Å². The van der Waals surface area contributed by atoms with Gasteiger partial charge in [0.1, 0.15) is 5.76 Å². The van der Waals surface area contributed by atoms with Crippen LogP contribution in [-0.4, -0.2) is 29.4 Å². The second kappa shape index (κ2) is 5.14. The van der Waals surface area contributed by atoms with Crippen LogP contribution >= 0.6 is 11.3 Å². The molecule has 1 amide bonds. The monoisotopic (exact) mass is 277 g/mol. The quantitative estimate of drug-likeness (QED) is 0.931. The molecule has 0 saturated carbocycles. The summed E-state index contributed by atoms with van der Waals surface area (Å²) in [6, 6.07) is 3.57. The average molecular weight is 277 g/mol. The van der Waals surface area contributed by atoms with E-state index in [1.165, 1.54) is 4.88 Å². The van der Waals surface area contributed by atoms with E-state index in [2.05, 4.69) is 22.2 Å². The molecule has 3 rings (SSSR count). The van der Waals surface area contributed by atoms with Gasteiger partial charge in [0.25, 0.3) is 0 Å². The number of anilines is 1. The van der Waals surface area contributed by atoms with Crippen molar-refractivity contribution in [3.63, 3.8) is 0 Å². The summed E-state index contributed by atoms with van der Waals surface area (Å²) in [5.74, 6) is 0.577. The molecular weight excluding hydrogens is 262 g/mol. The summed E-state index contributed by atoms with van der Waals surface area (Å²) in [6.07, 6.45) is 2.77. The molecule has 5 nitrogen and oxygen atoms in total. The Morgan fingerprint density at radius 3 is 3.32 bits per heavy atom. The van der Waals surface area contributed by atoms with Crippen molar-refractivity contribution in [1.29, 1.82) is 0 Å². The van der Waals surface area contributed by atoms with Crippen LogP contribution in [0.15, 0.2) is 22.8 Å². The van der Waals surface area contributed by atoms with Crippen molar-refractivity contribution in [2.24, 2.45) is 0 Å². The highest BCUT2D eigenvalue weighted by atomic mass is 32.1. The Bertz CT molecular complexity index is 577. The number of hydrogen-bond acceptors (Lipinski definition) is 5. The Morgan fingerprint density at radius 2 is 2.53 bits per heavy atom. The van der Waals surface area contributed by atoms with Gasteiger partial charge in [-0.1, -0.05) is 0 Å². The summed E-state index contributed by atoms with van der Waals surface area (Å²) < 4.78 is 5.15. The van der Waals surface area contributed by atoms with Crippen LogP contribution in [0.4, 0.5) is 5.13 Å². The Hall–Kier alpha value is -1.66. The first kappa shape index (κ1) is 12.4. The minimum Gasteiger partial charge on any atom is -0.469 e. The summed E-state index contributed by atoms with van der Waals surface area (Å²) >= 11 is 1.56. The molecule has 6 heteroatoms. The average Bonchev–Trinajstić information content (AvgIpc) is 2.97. The lowest BCUT2D eigenvalue weighted by Gasteiger charge is -2.20. The Kier molecular flexibility index (Phi) is 3.35. The number of likely N-dealkylation sites (N-methyl/N-ethyl adjacent to an activating group) is 1. The third-order valence-electron chi connectivity index (χ3n) is 3.08. The Morgan fingerprint density at radius 1 is 1.63 bits per heavy atom. The predicted molar refractivity (Wildman–Crippen MR) is 73.2 cm³/mol. The number of nitrogens with zero attached hydrogens (tertiary/aromatic N) is 2. The lowest BCUT2D eigenvalue weighted by molar-refractivity contribution is -0.115. The van der Waals surface area contributed by atoms with E-state index in [1.54, 1.807) is 29.7 Å². The number of aromatic nitrogens is 1. The van der Waals surface area contributed by atoms with Crippen molar-refractivity contribution < 1.29 is 9.21 Å². The molecule has 0 bridgehead atoms. The van der Waals surface area contributed by atoms with Gasteiger partial charge in [-0.2, -0.15) is 0 Å². The molecule has 3 heterocycles. The van der Waals surface area contributed by atoms with Crippen molar-refractivity contribution >= 4 is 22.4 Å². The highest BCUT2D eigenvalue weighted by molar-refractivity contribution is 7.15. The predicted octanol–water partition coefficient (Wildman–Crippen LogP) is 1.91. The number of thiazole rings is 1. The first-order chi connectivity index (χ1) is 9.20. The number of carbonyl (C=O) groups excluding carboxylic acids is 1. The van der Waals surface area contributed by atoms with Crippen LogP contribution in [0.1, 0.15) is 16.3 Å². The SMILES string of the molecule is CN1CCc2nc(NC(=O)Cc3ccco3)sc2C1. The van der Waals surface area contributed by atoms with Gasteiger partial charge in [0.05, 0.1) is 18.4 Å². The van der Waals surface area contributed by atoms with E-state index in [0.717, 1.165) is 25.2 Å². The first-order valence-electron chi connectivity index (χ1n) is 6.20. The number of rotatable bonds is 3. The van der Waals surface area contributed by atoms with Crippen molar-refractivity contribution in [3.8, 4) is 0 Å². The fraction of sp³-hybridized carbons (Fsp3) is 0.385. The number of hydrogen-bond donors (Lipinski definition) is 1. The minimum absolute atomic E-state index is 0.0885. The Balaban J connectivity index is 1.65. The van der Waals surface area contributed by atoms with Crippen molar-refractivity contribution in [3.05, 3.63) is 34.7 Å². The van der Waals surface area contributed by atoms with E-state index in [4.69, 9.17) is 4.42 Å². The minimum atomic E-state index is -0.0885. The van der Waals surface area contributed by atoms with Crippen LogP contribution in [-0.2, 0) is 24.2 Å². The summed E-state index contributed by atoms with van der Waals surface area (Å²) in [4.78, 5) is 19.8. The van der Waals surface area contributed by atoms with Crippen LogP contribution in [0.25, 0.3) is 0 Å². The number of nitrogens with one attached hydrogen (secondary N) is 1. The lowest BCUT2D eigenvalue weighted by Crippen LogP contribution is -2.25. The van der Waals surface area contributed by atoms with E-state index in [0.29, 0.717) is 10.9 Å². The molecule has 0 unspecified atom stereocenters. The van der Waals surface area contributed by atoms with E-state index >= 15 is 0 Å². The molecule has 0 saturated heterocycles. The molecule has 2 aromatic rings. The highest BCUT2D eigenvalue weighted by Gasteiger charge is 2.19.